The normalized spacial score (nSPS) is 33.2. The predicted octanol–water partition coefficient (Wildman–Crippen LogP) is 1.16. The molecule has 96 valence electrons. The average molecular weight is 247 g/mol. The molecule has 2 saturated heterocycles. The van der Waals surface area contributed by atoms with Gasteiger partial charge < -0.3 is 15.0 Å². The molecule has 2 fully saturated rings. The Morgan fingerprint density at radius 2 is 2.28 bits per heavy atom. The van der Waals surface area contributed by atoms with Crippen LogP contribution < -0.4 is 10.9 Å². The van der Waals surface area contributed by atoms with Gasteiger partial charge in [-0.3, -0.25) is 4.79 Å². The van der Waals surface area contributed by atoms with Crippen LogP contribution in [0.25, 0.3) is 0 Å². The van der Waals surface area contributed by atoms with E-state index in [0.717, 1.165) is 55.9 Å². The van der Waals surface area contributed by atoms with Gasteiger partial charge in [-0.2, -0.15) is 0 Å². The van der Waals surface area contributed by atoms with Crippen LogP contribution in [-0.4, -0.2) is 28.7 Å². The fraction of sp³-hybridized carbons (Fsp3) is 0.692. The summed E-state index contributed by atoms with van der Waals surface area (Å²) in [6, 6.07) is 0. The smallest absolute Gasteiger partial charge is 0.256 e. The zero-order valence-electron chi connectivity index (χ0n) is 10.2. The summed E-state index contributed by atoms with van der Waals surface area (Å²) in [6.07, 6.45) is 5.76. The highest BCUT2D eigenvalue weighted by molar-refractivity contribution is 5.45. The Morgan fingerprint density at radius 3 is 3.06 bits per heavy atom. The highest BCUT2D eigenvalue weighted by Gasteiger charge is 2.43. The number of anilines is 1. The van der Waals surface area contributed by atoms with Crippen LogP contribution in [0.15, 0.2) is 4.79 Å². The quantitative estimate of drug-likeness (QED) is 0.781. The van der Waals surface area contributed by atoms with Crippen LogP contribution in [0, 0.1) is 0 Å². The van der Waals surface area contributed by atoms with Gasteiger partial charge in [-0.05, 0) is 32.1 Å². The molecule has 0 spiro atoms. The maximum absolute atomic E-state index is 12.1. The van der Waals surface area contributed by atoms with E-state index in [0.29, 0.717) is 6.10 Å². The van der Waals surface area contributed by atoms with Gasteiger partial charge in [0.1, 0.15) is 11.6 Å². The monoisotopic (exact) mass is 247 g/mol. The maximum atomic E-state index is 12.1. The summed E-state index contributed by atoms with van der Waals surface area (Å²) >= 11 is 0. The molecule has 5 nitrogen and oxygen atoms in total. The number of H-pyrrole nitrogens is 1. The summed E-state index contributed by atoms with van der Waals surface area (Å²) in [5.74, 6) is 1.90. The summed E-state index contributed by atoms with van der Waals surface area (Å²) in [7, 11) is 0. The molecule has 1 aromatic rings. The fourth-order valence-electron chi connectivity index (χ4n) is 3.47. The van der Waals surface area contributed by atoms with E-state index in [1.54, 1.807) is 0 Å². The van der Waals surface area contributed by atoms with Crippen LogP contribution >= 0.6 is 0 Å². The van der Waals surface area contributed by atoms with E-state index in [1.165, 1.54) is 0 Å². The second-order valence-electron chi connectivity index (χ2n) is 5.52. The van der Waals surface area contributed by atoms with Crippen molar-refractivity contribution in [1.29, 1.82) is 0 Å². The van der Waals surface area contributed by atoms with Crippen LogP contribution in [0.2, 0.25) is 0 Å². The van der Waals surface area contributed by atoms with Crippen molar-refractivity contribution >= 4 is 5.82 Å². The van der Waals surface area contributed by atoms with Gasteiger partial charge in [0.15, 0.2) is 0 Å². The first-order valence-corrected chi connectivity index (χ1v) is 6.83. The van der Waals surface area contributed by atoms with Gasteiger partial charge in [0.25, 0.3) is 5.56 Å². The average Bonchev–Trinajstić information content (AvgIpc) is 3.01. The molecular weight excluding hydrogens is 230 g/mol. The van der Waals surface area contributed by atoms with Gasteiger partial charge in [-0.25, -0.2) is 4.98 Å². The minimum absolute atomic E-state index is 0.0324. The van der Waals surface area contributed by atoms with Crippen molar-refractivity contribution in [2.45, 2.75) is 50.2 Å². The minimum atomic E-state index is 0.0324. The molecule has 0 radical (unpaired) electrons. The number of aromatic nitrogens is 2. The molecule has 3 atom stereocenters. The topological polar surface area (TPSA) is 67.0 Å². The maximum Gasteiger partial charge on any atom is 0.256 e. The van der Waals surface area contributed by atoms with Crippen molar-refractivity contribution in [3.05, 3.63) is 21.7 Å². The lowest BCUT2D eigenvalue weighted by Crippen LogP contribution is -2.28. The summed E-state index contributed by atoms with van der Waals surface area (Å²) in [5.41, 5.74) is 0.846. The van der Waals surface area contributed by atoms with E-state index in [9.17, 15) is 4.79 Å². The van der Waals surface area contributed by atoms with Crippen LogP contribution in [0.5, 0.6) is 0 Å². The third-order valence-electron chi connectivity index (χ3n) is 4.39. The number of hydrogen-bond donors (Lipinski definition) is 2. The van der Waals surface area contributed by atoms with Crippen molar-refractivity contribution in [2.75, 3.05) is 11.9 Å². The Hall–Kier alpha value is -1.36. The lowest BCUT2D eigenvalue weighted by Gasteiger charge is -2.21. The lowest BCUT2D eigenvalue weighted by molar-refractivity contribution is 0.0998. The second-order valence-corrected chi connectivity index (χ2v) is 5.52. The van der Waals surface area contributed by atoms with Gasteiger partial charge >= 0.3 is 0 Å². The van der Waals surface area contributed by atoms with Crippen LogP contribution in [0.1, 0.15) is 43.0 Å². The summed E-state index contributed by atoms with van der Waals surface area (Å²) < 4.78 is 5.84. The van der Waals surface area contributed by atoms with E-state index in [-0.39, 0.29) is 17.6 Å². The Kier molecular flexibility index (Phi) is 2.24. The molecule has 3 aliphatic heterocycles. The van der Waals surface area contributed by atoms with Gasteiger partial charge in [0, 0.05) is 12.5 Å². The van der Waals surface area contributed by atoms with E-state index >= 15 is 0 Å². The van der Waals surface area contributed by atoms with Crippen molar-refractivity contribution < 1.29 is 4.74 Å². The highest BCUT2D eigenvalue weighted by Crippen LogP contribution is 2.43. The number of fused-ring (bicyclic) bond motifs is 3. The van der Waals surface area contributed by atoms with Crippen molar-refractivity contribution in [3.8, 4) is 0 Å². The van der Waals surface area contributed by atoms with E-state index in [4.69, 9.17) is 4.74 Å². The summed E-state index contributed by atoms with van der Waals surface area (Å²) in [4.78, 5) is 19.7. The first kappa shape index (κ1) is 10.6. The second kappa shape index (κ2) is 3.82. The van der Waals surface area contributed by atoms with Crippen LogP contribution in [0.4, 0.5) is 5.82 Å². The van der Waals surface area contributed by atoms with E-state index in [2.05, 4.69) is 15.3 Å². The molecule has 0 amide bonds. The molecule has 2 N–H and O–H groups in total. The molecule has 3 unspecified atom stereocenters. The van der Waals surface area contributed by atoms with Crippen LogP contribution in [0.3, 0.4) is 0 Å². The number of ether oxygens (including phenoxy) is 1. The summed E-state index contributed by atoms with van der Waals surface area (Å²) in [5, 5.41) is 3.24. The Balaban J connectivity index is 1.73. The standard InChI is InChI=1S/C13H17N3O2/c17-13-8-2-1-5-14-11(8)15-12(16-13)9-6-7-3-4-10(9)18-7/h7,9-10H,1-6H2,(H2,14,15,16,17). The Labute approximate surface area is 105 Å². The van der Waals surface area contributed by atoms with Crippen molar-refractivity contribution in [3.63, 3.8) is 0 Å². The highest BCUT2D eigenvalue weighted by atomic mass is 16.5. The number of hydrogen-bond acceptors (Lipinski definition) is 4. The molecule has 4 rings (SSSR count). The molecule has 4 heterocycles. The third kappa shape index (κ3) is 1.50. The largest absolute Gasteiger partial charge is 0.374 e. The minimum Gasteiger partial charge on any atom is -0.374 e. The van der Waals surface area contributed by atoms with Crippen molar-refractivity contribution in [1.82, 2.24) is 9.97 Å². The number of rotatable bonds is 1. The third-order valence-corrected chi connectivity index (χ3v) is 4.39. The predicted molar refractivity (Wildman–Crippen MR) is 66.9 cm³/mol. The molecule has 2 bridgehead atoms. The molecule has 18 heavy (non-hydrogen) atoms. The van der Waals surface area contributed by atoms with Crippen molar-refractivity contribution in [2.24, 2.45) is 0 Å². The Bertz CT molecular complexity index is 540. The lowest BCUT2D eigenvalue weighted by atomic mass is 9.88. The van der Waals surface area contributed by atoms with Gasteiger partial charge in [0.05, 0.1) is 17.8 Å². The molecule has 0 aliphatic carbocycles. The van der Waals surface area contributed by atoms with E-state index < -0.39 is 0 Å². The molecule has 1 aromatic heterocycles. The number of nitrogens with one attached hydrogen (secondary N) is 2. The SMILES string of the molecule is O=c1[nH]c(C2CC3CCC2O3)nc2c1CCCN2. The number of nitrogens with zero attached hydrogens (tertiary/aromatic N) is 1. The molecule has 0 saturated carbocycles. The zero-order chi connectivity index (χ0) is 12.1. The van der Waals surface area contributed by atoms with E-state index in [1.807, 2.05) is 0 Å². The molecule has 3 aliphatic rings. The van der Waals surface area contributed by atoms with Crippen LogP contribution in [-0.2, 0) is 11.2 Å². The van der Waals surface area contributed by atoms with Gasteiger partial charge in [0.2, 0.25) is 0 Å². The molecular formula is C13H17N3O2. The molecule has 0 aromatic carbocycles. The summed E-state index contributed by atoms with van der Waals surface area (Å²) in [6.45, 7) is 0.913. The van der Waals surface area contributed by atoms with Gasteiger partial charge in [-0.1, -0.05) is 0 Å². The first-order chi connectivity index (χ1) is 8.81. The van der Waals surface area contributed by atoms with Gasteiger partial charge in [-0.15, -0.1) is 0 Å². The zero-order valence-corrected chi connectivity index (χ0v) is 10.2. The Morgan fingerprint density at radius 1 is 1.33 bits per heavy atom. The fourth-order valence-corrected chi connectivity index (χ4v) is 3.47. The molecule has 5 heteroatoms. The number of aromatic amines is 1. The first-order valence-electron chi connectivity index (χ1n) is 6.83.